The lowest BCUT2D eigenvalue weighted by atomic mass is 10.1. The van der Waals surface area contributed by atoms with Gasteiger partial charge in [0.15, 0.2) is 6.73 Å². The first-order valence-electron chi connectivity index (χ1n) is 10.1. The number of nitrogens with one attached hydrogen (secondary N) is 3. The fourth-order valence-electron chi connectivity index (χ4n) is 3.42. The second kappa shape index (κ2) is 9.84. The lowest BCUT2D eigenvalue weighted by Gasteiger charge is -2.29. The number of anilines is 3. The maximum absolute atomic E-state index is 14.2. The highest BCUT2D eigenvalue weighted by molar-refractivity contribution is 8.19. The van der Waals surface area contributed by atoms with Crippen LogP contribution < -0.4 is 29.7 Å². The van der Waals surface area contributed by atoms with Gasteiger partial charge in [0.25, 0.3) is 15.9 Å². The first-order chi connectivity index (χ1) is 16.6. The second-order valence-corrected chi connectivity index (χ2v) is 11.3. The Morgan fingerprint density at radius 2 is 2.06 bits per heavy atom. The fourth-order valence-corrected chi connectivity index (χ4v) is 6.28. The summed E-state index contributed by atoms with van der Waals surface area (Å²) in [6.45, 7) is -0.135. The minimum Gasteiger partial charge on any atom is -0.494 e. The molecule has 1 atom stereocenters. The summed E-state index contributed by atoms with van der Waals surface area (Å²) in [4.78, 5) is 26.6. The number of methoxy groups -OCH3 is 1. The highest BCUT2D eigenvalue weighted by Gasteiger charge is 2.30. The predicted octanol–water partition coefficient (Wildman–Crippen LogP) is 3.87. The van der Waals surface area contributed by atoms with Gasteiger partial charge in [0.1, 0.15) is 21.6 Å². The number of hydrogen-bond acceptors (Lipinski definition) is 8. The molecule has 186 valence electrons. The molecule has 2 aromatic carbocycles. The number of nitrogens with zero attached hydrogens (tertiary/aromatic N) is 1. The summed E-state index contributed by atoms with van der Waals surface area (Å²) in [6.07, 6.45) is 1.81. The minimum absolute atomic E-state index is 0.0304. The van der Waals surface area contributed by atoms with Gasteiger partial charge in [-0.15, -0.1) is 11.6 Å². The third-order valence-electron chi connectivity index (χ3n) is 5.11. The molecule has 2 aromatic rings. The van der Waals surface area contributed by atoms with E-state index >= 15 is 0 Å². The number of benzene rings is 2. The Bertz CT molecular complexity index is 1340. The number of amides is 3. The van der Waals surface area contributed by atoms with Gasteiger partial charge in [-0.2, -0.15) is 0 Å². The molecule has 2 aliphatic rings. The molecule has 3 N–H and O–H groups in total. The number of urea groups is 1. The maximum atomic E-state index is 14.2. The lowest BCUT2D eigenvalue weighted by Crippen LogP contribution is -2.39. The van der Waals surface area contributed by atoms with Crippen LogP contribution in [0.15, 0.2) is 40.6 Å². The second-order valence-electron chi connectivity index (χ2n) is 7.32. The van der Waals surface area contributed by atoms with E-state index in [1.807, 2.05) is 4.72 Å². The van der Waals surface area contributed by atoms with Crippen LogP contribution in [0.4, 0.5) is 26.2 Å². The van der Waals surface area contributed by atoms with Gasteiger partial charge >= 0.3 is 6.03 Å². The molecule has 0 saturated carbocycles. The molecule has 10 nitrogen and oxygen atoms in total. The van der Waals surface area contributed by atoms with Crippen molar-refractivity contribution in [2.75, 3.05) is 36.4 Å². The zero-order valence-electron chi connectivity index (χ0n) is 18.4. The molecule has 0 saturated heterocycles. The average molecular weight is 543 g/mol. The largest absolute Gasteiger partial charge is 0.494 e. The smallest absolute Gasteiger partial charge is 0.333 e. The van der Waals surface area contributed by atoms with Crippen LogP contribution >= 0.6 is 23.4 Å². The van der Waals surface area contributed by atoms with Gasteiger partial charge in [0, 0.05) is 19.2 Å². The zero-order valence-corrected chi connectivity index (χ0v) is 20.8. The van der Waals surface area contributed by atoms with Gasteiger partial charge in [0.2, 0.25) is 0 Å². The Balaban J connectivity index is 1.51. The van der Waals surface area contributed by atoms with E-state index in [1.54, 1.807) is 7.05 Å². The SMILES string of the molecule is CNc1cc2c(cc1F)C(=O)N(c1ccc(NC(=O)NS(=O)(=O)C3=CCC(Cl)S3)c(OC)c1)CO2. The van der Waals surface area contributed by atoms with Crippen molar-refractivity contribution >= 4 is 62.4 Å². The van der Waals surface area contributed by atoms with Gasteiger partial charge in [-0.1, -0.05) is 17.8 Å². The molecule has 4 rings (SSSR count). The van der Waals surface area contributed by atoms with Crippen LogP contribution in [0.2, 0.25) is 0 Å². The van der Waals surface area contributed by atoms with E-state index in [9.17, 15) is 22.4 Å². The van der Waals surface area contributed by atoms with Crippen molar-refractivity contribution in [1.82, 2.24) is 4.72 Å². The number of alkyl halides is 1. The summed E-state index contributed by atoms with van der Waals surface area (Å²) in [5.74, 6) is -0.687. The van der Waals surface area contributed by atoms with Crippen LogP contribution in [-0.2, 0) is 10.0 Å². The first-order valence-corrected chi connectivity index (χ1v) is 12.9. The molecular weight excluding hydrogens is 523 g/mol. The van der Waals surface area contributed by atoms with Gasteiger partial charge in [-0.05, 0) is 24.6 Å². The third-order valence-corrected chi connectivity index (χ3v) is 8.50. The fraction of sp³-hybridized carbons (Fsp3) is 0.238. The van der Waals surface area contributed by atoms with E-state index in [2.05, 4.69) is 10.6 Å². The van der Waals surface area contributed by atoms with Crippen LogP contribution in [-0.4, -0.2) is 46.0 Å². The van der Waals surface area contributed by atoms with E-state index < -0.39 is 32.5 Å². The molecule has 0 spiro atoms. The summed E-state index contributed by atoms with van der Waals surface area (Å²) >= 11 is 6.84. The predicted molar refractivity (Wildman–Crippen MR) is 132 cm³/mol. The number of sulfonamides is 1. The topological polar surface area (TPSA) is 126 Å². The van der Waals surface area contributed by atoms with Crippen molar-refractivity contribution in [1.29, 1.82) is 0 Å². The molecule has 2 aliphatic heterocycles. The highest BCUT2D eigenvalue weighted by Crippen LogP contribution is 2.38. The number of fused-ring (bicyclic) bond motifs is 1. The molecule has 3 amide bonds. The van der Waals surface area contributed by atoms with Crippen LogP contribution in [0.25, 0.3) is 0 Å². The van der Waals surface area contributed by atoms with E-state index in [0.717, 1.165) is 17.8 Å². The van der Waals surface area contributed by atoms with Crippen molar-refractivity contribution < 1.29 is 31.9 Å². The molecule has 0 aromatic heterocycles. The van der Waals surface area contributed by atoms with Crippen LogP contribution in [0.5, 0.6) is 11.5 Å². The van der Waals surface area contributed by atoms with Gasteiger partial charge in [-0.25, -0.2) is 22.3 Å². The Morgan fingerprint density at radius 1 is 1.29 bits per heavy atom. The summed E-state index contributed by atoms with van der Waals surface area (Å²) in [6, 6.07) is 5.91. The molecule has 0 radical (unpaired) electrons. The molecule has 0 fully saturated rings. The summed E-state index contributed by atoms with van der Waals surface area (Å²) in [5, 5.41) is 5.10. The molecular formula is C21H20ClFN4O6S2. The van der Waals surface area contributed by atoms with Gasteiger partial charge in [-0.3, -0.25) is 9.69 Å². The highest BCUT2D eigenvalue weighted by atomic mass is 35.5. The van der Waals surface area contributed by atoms with Gasteiger partial charge < -0.3 is 20.1 Å². The monoisotopic (exact) mass is 542 g/mol. The molecule has 0 bridgehead atoms. The Morgan fingerprint density at radius 3 is 2.71 bits per heavy atom. The number of allylic oxidation sites excluding steroid dienone is 1. The third kappa shape index (κ3) is 5.11. The van der Waals surface area contributed by atoms with E-state index in [0.29, 0.717) is 12.1 Å². The number of hydrogen-bond donors (Lipinski definition) is 3. The number of thioether (sulfide) groups is 1. The number of carbonyl (C=O) groups excluding carboxylic acids is 2. The number of ether oxygens (including phenoxy) is 2. The normalized spacial score (nSPS) is 17.3. The zero-order chi connectivity index (χ0) is 25.3. The van der Waals surface area contributed by atoms with Gasteiger partial charge in [0.05, 0.1) is 34.4 Å². The van der Waals surface area contributed by atoms with E-state index in [4.69, 9.17) is 21.1 Å². The quantitative estimate of drug-likeness (QED) is 0.470. The molecule has 0 aliphatic carbocycles. The summed E-state index contributed by atoms with van der Waals surface area (Å²) in [7, 11) is -1.17. The molecule has 1 unspecified atom stereocenters. The van der Waals surface area contributed by atoms with Crippen molar-refractivity contribution in [2.24, 2.45) is 0 Å². The maximum Gasteiger partial charge on any atom is 0.333 e. The van der Waals surface area contributed by atoms with Crippen LogP contribution in [0, 0.1) is 5.82 Å². The van der Waals surface area contributed by atoms with Crippen molar-refractivity contribution in [2.45, 2.75) is 11.1 Å². The summed E-state index contributed by atoms with van der Waals surface area (Å²) < 4.78 is 51.3. The minimum atomic E-state index is -4.07. The standard InChI is InChI=1S/C21H20ClFN4O6S2/c1-24-15-9-16-12(8-13(15)23)20(28)27(10-33-16)11-3-4-14(17(7-11)32-2)25-21(29)26-35(30,31)19-6-5-18(22)34-19/h3-4,6-9,18,24H,5,10H2,1-2H3,(H2,25,26,29). The van der Waals surface area contributed by atoms with Crippen LogP contribution in [0.1, 0.15) is 16.8 Å². The van der Waals surface area contributed by atoms with E-state index in [-0.39, 0.29) is 39.4 Å². The first kappa shape index (κ1) is 24.9. The number of rotatable bonds is 6. The van der Waals surface area contributed by atoms with Crippen molar-refractivity contribution in [3.05, 3.63) is 52.0 Å². The molecule has 35 heavy (non-hydrogen) atoms. The average Bonchev–Trinajstić information content (AvgIpc) is 3.27. The Hall–Kier alpha value is -3.16. The van der Waals surface area contributed by atoms with E-state index in [1.165, 1.54) is 42.4 Å². The lowest BCUT2D eigenvalue weighted by molar-refractivity contribution is 0.0936. The van der Waals surface area contributed by atoms with Crippen molar-refractivity contribution in [3.8, 4) is 11.5 Å². The number of halogens is 2. The number of carbonyl (C=O) groups is 2. The Kier molecular flexibility index (Phi) is 7.01. The van der Waals surface area contributed by atoms with Crippen molar-refractivity contribution in [3.63, 3.8) is 0 Å². The van der Waals surface area contributed by atoms with Crippen LogP contribution in [0.3, 0.4) is 0 Å². The Labute approximate surface area is 209 Å². The molecule has 14 heteroatoms. The summed E-state index contributed by atoms with van der Waals surface area (Å²) in [5.41, 5.74) is 0.766. The molecule has 2 heterocycles.